The van der Waals surface area contributed by atoms with E-state index in [9.17, 15) is 9.59 Å². The number of alkyl halides is 1. The van der Waals surface area contributed by atoms with Crippen LogP contribution in [0.2, 0.25) is 0 Å². The zero-order chi connectivity index (χ0) is 13.5. The number of carbonyl (C=O) groups is 2. The first kappa shape index (κ1) is 14.3. The number of ether oxygens (including phenoxy) is 1. The van der Waals surface area contributed by atoms with Crippen molar-refractivity contribution in [1.29, 1.82) is 0 Å². The normalized spacial score (nSPS) is 11.5. The van der Waals surface area contributed by atoms with Crippen molar-refractivity contribution >= 4 is 29.1 Å². The van der Waals surface area contributed by atoms with Crippen LogP contribution in [-0.4, -0.2) is 30.8 Å². The second kappa shape index (κ2) is 6.86. The number of halogens is 1. The molecule has 1 aromatic rings. The van der Waals surface area contributed by atoms with E-state index in [0.717, 1.165) is 0 Å². The molecular weight excluding hydrogens is 256 g/mol. The molecule has 0 spiro atoms. The number of hydrogen-bond acceptors (Lipinski definition) is 3. The highest BCUT2D eigenvalue weighted by molar-refractivity contribution is 6.32. The van der Waals surface area contributed by atoms with Crippen molar-refractivity contribution < 1.29 is 14.3 Å². The van der Waals surface area contributed by atoms with Crippen LogP contribution >= 0.6 is 11.6 Å². The van der Waals surface area contributed by atoms with E-state index in [1.54, 1.807) is 31.2 Å². The van der Waals surface area contributed by atoms with Gasteiger partial charge in [-0.25, -0.2) is 0 Å². The largest absolute Gasteiger partial charge is 0.484 e. The van der Waals surface area contributed by atoms with Crippen LogP contribution in [0.15, 0.2) is 24.3 Å². The summed E-state index contributed by atoms with van der Waals surface area (Å²) < 4.78 is 5.25. The Kier molecular flexibility index (Phi) is 5.45. The van der Waals surface area contributed by atoms with Gasteiger partial charge in [0.2, 0.25) is 5.91 Å². The fraction of sp³-hybridized carbons (Fsp3) is 0.333. The van der Waals surface area contributed by atoms with Gasteiger partial charge in [0.1, 0.15) is 11.1 Å². The van der Waals surface area contributed by atoms with E-state index in [1.165, 1.54) is 7.05 Å². The number of benzene rings is 1. The van der Waals surface area contributed by atoms with Gasteiger partial charge < -0.3 is 15.4 Å². The molecule has 1 unspecified atom stereocenters. The molecule has 98 valence electrons. The zero-order valence-electron chi connectivity index (χ0n) is 10.2. The molecule has 1 aromatic carbocycles. The minimum atomic E-state index is -0.611. The van der Waals surface area contributed by atoms with Crippen molar-refractivity contribution in [3.8, 4) is 5.75 Å². The molecule has 2 N–H and O–H groups in total. The highest BCUT2D eigenvalue weighted by Gasteiger charge is 2.09. The minimum Gasteiger partial charge on any atom is -0.484 e. The third-order valence-corrected chi connectivity index (χ3v) is 2.31. The Morgan fingerprint density at radius 2 is 2.17 bits per heavy atom. The van der Waals surface area contributed by atoms with E-state index in [0.29, 0.717) is 11.4 Å². The molecule has 0 saturated heterocycles. The van der Waals surface area contributed by atoms with E-state index < -0.39 is 5.38 Å². The maximum atomic E-state index is 11.4. The van der Waals surface area contributed by atoms with Crippen LogP contribution in [0, 0.1) is 0 Å². The van der Waals surface area contributed by atoms with Crippen LogP contribution < -0.4 is 15.4 Å². The Bertz CT molecular complexity index is 435. The van der Waals surface area contributed by atoms with Crippen LogP contribution in [0.3, 0.4) is 0 Å². The van der Waals surface area contributed by atoms with Gasteiger partial charge in [-0.15, -0.1) is 11.6 Å². The first-order valence-electron chi connectivity index (χ1n) is 5.41. The van der Waals surface area contributed by atoms with Crippen molar-refractivity contribution in [1.82, 2.24) is 5.32 Å². The van der Waals surface area contributed by atoms with E-state index in [-0.39, 0.29) is 18.4 Å². The molecule has 2 amide bonds. The maximum Gasteiger partial charge on any atom is 0.257 e. The number of likely N-dealkylation sites (N-methyl/N-ethyl adjacent to an activating group) is 1. The Labute approximate surface area is 110 Å². The van der Waals surface area contributed by atoms with Crippen molar-refractivity contribution in [3.63, 3.8) is 0 Å². The lowest BCUT2D eigenvalue weighted by molar-refractivity contribution is -0.122. The highest BCUT2D eigenvalue weighted by Crippen LogP contribution is 2.17. The first-order valence-corrected chi connectivity index (χ1v) is 5.85. The van der Waals surface area contributed by atoms with Crippen LogP contribution in [0.25, 0.3) is 0 Å². The van der Waals surface area contributed by atoms with Crippen molar-refractivity contribution in [3.05, 3.63) is 24.3 Å². The zero-order valence-corrected chi connectivity index (χ0v) is 11.0. The number of amides is 2. The topological polar surface area (TPSA) is 67.4 Å². The van der Waals surface area contributed by atoms with E-state index >= 15 is 0 Å². The third-order valence-electron chi connectivity index (χ3n) is 2.11. The summed E-state index contributed by atoms with van der Waals surface area (Å²) in [6, 6.07) is 6.75. The number of carbonyl (C=O) groups excluding carboxylic acids is 2. The second-order valence-electron chi connectivity index (χ2n) is 3.59. The van der Waals surface area contributed by atoms with Crippen molar-refractivity contribution in [2.45, 2.75) is 12.3 Å². The fourth-order valence-corrected chi connectivity index (χ4v) is 1.18. The molecule has 5 nitrogen and oxygen atoms in total. The predicted molar refractivity (Wildman–Crippen MR) is 69.9 cm³/mol. The summed E-state index contributed by atoms with van der Waals surface area (Å²) in [5.41, 5.74) is 0.571. The molecule has 0 bridgehead atoms. The Balaban J connectivity index is 2.62. The Morgan fingerprint density at radius 3 is 2.78 bits per heavy atom. The van der Waals surface area contributed by atoms with Crippen LogP contribution in [0.1, 0.15) is 6.92 Å². The fourth-order valence-electron chi connectivity index (χ4n) is 1.13. The molecule has 0 radical (unpaired) electrons. The summed E-state index contributed by atoms with van der Waals surface area (Å²) in [7, 11) is 1.53. The lowest BCUT2D eigenvalue weighted by Gasteiger charge is -2.09. The molecule has 0 fully saturated rings. The highest BCUT2D eigenvalue weighted by atomic mass is 35.5. The summed E-state index contributed by atoms with van der Waals surface area (Å²) in [6.07, 6.45) is 0. The predicted octanol–water partition coefficient (Wildman–Crippen LogP) is 1.38. The number of anilines is 1. The van der Waals surface area contributed by atoms with Crippen LogP contribution in [0.4, 0.5) is 5.69 Å². The van der Waals surface area contributed by atoms with Crippen LogP contribution in [-0.2, 0) is 9.59 Å². The monoisotopic (exact) mass is 270 g/mol. The molecule has 0 aromatic heterocycles. The molecule has 0 saturated carbocycles. The molecule has 0 aliphatic carbocycles. The maximum absolute atomic E-state index is 11.4. The van der Waals surface area contributed by atoms with Gasteiger partial charge in [0.05, 0.1) is 0 Å². The van der Waals surface area contributed by atoms with Gasteiger partial charge in [-0.3, -0.25) is 9.59 Å². The Morgan fingerprint density at radius 1 is 1.44 bits per heavy atom. The number of hydrogen-bond donors (Lipinski definition) is 2. The Hall–Kier alpha value is -1.75. The lowest BCUT2D eigenvalue weighted by Crippen LogP contribution is -2.24. The van der Waals surface area contributed by atoms with Gasteiger partial charge in [0.15, 0.2) is 6.61 Å². The smallest absolute Gasteiger partial charge is 0.257 e. The molecular formula is C12H15ClN2O3. The number of nitrogens with one attached hydrogen (secondary N) is 2. The summed E-state index contributed by atoms with van der Waals surface area (Å²) in [5, 5.41) is 4.47. The van der Waals surface area contributed by atoms with Gasteiger partial charge in [-0.2, -0.15) is 0 Å². The van der Waals surface area contributed by atoms with Crippen molar-refractivity contribution in [2.24, 2.45) is 0 Å². The average Bonchev–Trinajstić information content (AvgIpc) is 2.36. The van der Waals surface area contributed by atoms with Gasteiger partial charge in [0.25, 0.3) is 5.91 Å². The number of rotatable bonds is 5. The van der Waals surface area contributed by atoms with Gasteiger partial charge in [-0.1, -0.05) is 6.07 Å². The SMILES string of the molecule is CNC(=O)COc1cccc(NC(=O)C(C)Cl)c1. The molecule has 6 heteroatoms. The quantitative estimate of drug-likeness (QED) is 0.795. The minimum absolute atomic E-state index is 0.0696. The first-order chi connectivity index (χ1) is 8.52. The summed E-state index contributed by atoms with van der Waals surface area (Å²) in [6.45, 7) is 1.52. The standard InChI is InChI=1S/C12H15ClN2O3/c1-8(13)12(17)15-9-4-3-5-10(6-9)18-7-11(16)14-2/h3-6,8H,7H2,1-2H3,(H,14,16)(H,15,17). The molecule has 0 aliphatic rings. The van der Waals surface area contributed by atoms with Crippen molar-refractivity contribution in [2.75, 3.05) is 19.0 Å². The second-order valence-corrected chi connectivity index (χ2v) is 4.25. The summed E-state index contributed by atoms with van der Waals surface area (Å²) >= 11 is 5.64. The van der Waals surface area contributed by atoms with E-state index in [2.05, 4.69) is 10.6 Å². The molecule has 0 heterocycles. The van der Waals surface area contributed by atoms with E-state index in [1.807, 2.05) is 0 Å². The molecule has 18 heavy (non-hydrogen) atoms. The summed E-state index contributed by atoms with van der Waals surface area (Å²) in [5.74, 6) is -0.0161. The molecule has 1 rings (SSSR count). The molecule has 1 atom stereocenters. The van der Waals surface area contributed by atoms with Crippen LogP contribution in [0.5, 0.6) is 5.75 Å². The van der Waals surface area contributed by atoms with Gasteiger partial charge in [0, 0.05) is 18.8 Å². The van der Waals surface area contributed by atoms with E-state index in [4.69, 9.17) is 16.3 Å². The third kappa shape index (κ3) is 4.63. The summed E-state index contributed by atoms with van der Waals surface area (Å²) in [4.78, 5) is 22.4. The average molecular weight is 271 g/mol. The van der Waals surface area contributed by atoms with Gasteiger partial charge in [-0.05, 0) is 19.1 Å². The van der Waals surface area contributed by atoms with Gasteiger partial charge >= 0.3 is 0 Å². The molecule has 0 aliphatic heterocycles. The lowest BCUT2D eigenvalue weighted by atomic mass is 10.3.